The molecule has 0 aromatic heterocycles. The van der Waals surface area contributed by atoms with Crippen molar-refractivity contribution in [1.82, 2.24) is 4.90 Å². The highest BCUT2D eigenvalue weighted by Gasteiger charge is 2.29. The molecule has 0 aromatic rings. The Morgan fingerprint density at radius 2 is 1.70 bits per heavy atom. The number of carbonyl (C=O) groups excluding carboxylic acids is 1. The van der Waals surface area contributed by atoms with Crippen molar-refractivity contribution in [2.75, 3.05) is 26.8 Å². The SMILES string of the molecule is CC(C)C(C)(CCOC(C)(C)C)OCCN(C)C(=O)I. The Morgan fingerprint density at radius 3 is 2.10 bits per heavy atom. The minimum Gasteiger partial charge on any atom is -0.376 e. The third-order valence-corrected chi connectivity index (χ3v) is 4.34. The Labute approximate surface area is 137 Å². The smallest absolute Gasteiger partial charge is 0.283 e. The maximum absolute atomic E-state index is 11.2. The second-order valence-electron chi connectivity index (χ2n) is 6.70. The van der Waals surface area contributed by atoms with Gasteiger partial charge in [0.25, 0.3) is 3.91 Å². The van der Waals surface area contributed by atoms with Crippen LogP contribution < -0.4 is 0 Å². The number of halogens is 1. The molecule has 0 heterocycles. The fourth-order valence-electron chi connectivity index (χ4n) is 1.59. The van der Waals surface area contributed by atoms with E-state index in [1.165, 1.54) is 0 Å². The topological polar surface area (TPSA) is 38.8 Å². The summed E-state index contributed by atoms with van der Waals surface area (Å²) in [4.78, 5) is 12.8. The molecule has 1 unspecified atom stereocenters. The average Bonchev–Trinajstić information content (AvgIpc) is 2.26. The average molecular weight is 399 g/mol. The monoisotopic (exact) mass is 399 g/mol. The van der Waals surface area contributed by atoms with Crippen LogP contribution in [0, 0.1) is 5.92 Å². The Hall–Kier alpha value is 0.120. The van der Waals surface area contributed by atoms with Crippen molar-refractivity contribution >= 4 is 26.5 Å². The van der Waals surface area contributed by atoms with E-state index < -0.39 is 0 Å². The largest absolute Gasteiger partial charge is 0.376 e. The lowest BCUT2D eigenvalue weighted by atomic mass is 9.89. The zero-order valence-electron chi connectivity index (χ0n) is 14.0. The summed E-state index contributed by atoms with van der Waals surface area (Å²) in [6.07, 6.45) is 0.851. The number of hydrogen-bond acceptors (Lipinski definition) is 3. The second kappa shape index (κ2) is 8.54. The molecule has 0 aliphatic rings. The van der Waals surface area contributed by atoms with E-state index in [2.05, 4.69) is 41.5 Å². The van der Waals surface area contributed by atoms with Crippen molar-refractivity contribution in [3.8, 4) is 0 Å². The summed E-state index contributed by atoms with van der Waals surface area (Å²) in [7, 11) is 1.79. The van der Waals surface area contributed by atoms with Crippen LogP contribution in [0.2, 0.25) is 0 Å². The van der Waals surface area contributed by atoms with Gasteiger partial charge in [0.15, 0.2) is 0 Å². The standard InChI is InChI=1S/C15H30INO3/c1-12(2)15(6,8-10-19-14(3,4)5)20-11-9-17(7)13(16)18/h12H,8-11H2,1-7H3. The first-order valence-corrected chi connectivity index (χ1v) is 8.24. The van der Waals surface area contributed by atoms with Crippen LogP contribution in [0.25, 0.3) is 0 Å². The number of rotatable bonds is 8. The van der Waals surface area contributed by atoms with E-state index >= 15 is 0 Å². The lowest BCUT2D eigenvalue weighted by Gasteiger charge is -2.35. The molecule has 1 amide bonds. The van der Waals surface area contributed by atoms with Gasteiger partial charge in [0, 0.05) is 36.2 Å². The van der Waals surface area contributed by atoms with Gasteiger partial charge < -0.3 is 14.4 Å². The van der Waals surface area contributed by atoms with Gasteiger partial charge in [0.05, 0.1) is 24.4 Å². The first kappa shape index (κ1) is 20.1. The quantitative estimate of drug-likeness (QED) is 0.350. The Kier molecular flexibility index (Phi) is 8.59. The van der Waals surface area contributed by atoms with Crippen molar-refractivity contribution in [3.63, 3.8) is 0 Å². The third kappa shape index (κ3) is 8.42. The van der Waals surface area contributed by atoms with Crippen LogP contribution in [-0.4, -0.2) is 46.8 Å². The van der Waals surface area contributed by atoms with E-state index in [-0.39, 0.29) is 15.1 Å². The molecule has 0 N–H and O–H groups in total. The van der Waals surface area contributed by atoms with Crippen molar-refractivity contribution in [2.45, 2.75) is 59.2 Å². The number of ether oxygens (including phenoxy) is 2. The summed E-state index contributed by atoms with van der Waals surface area (Å²) in [6.45, 7) is 14.5. The molecule has 20 heavy (non-hydrogen) atoms. The highest BCUT2D eigenvalue weighted by Crippen LogP contribution is 2.26. The predicted octanol–water partition coefficient (Wildman–Crippen LogP) is 4.11. The van der Waals surface area contributed by atoms with Gasteiger partial charge in [-0.15, -0.1) is 0 Å². The molecule has 0 saturated heterocycles. The van der Waals surface area contributed by atoms with Gasteiger partial charge in [-0.3, -0.25) is 4.79 Å². The molecule has 0 fully saturated rings. The maximum Gasteiger partial charge on any atom is 0.283 e. The van der Waals surface area contributed by atoms with Gasteiger partial charge in [0.1, 0.15) is 0 Å². The second-order valence-corrected chi connectivity index (χ2v) is 7.62. The number of carbonyl (C=O) groups is 1. The zero-order valence-corrected chi connectivity index (χ0v) is 16.1. The van der Waals surface area contributed by atoms with E-state index in [4.69, 9.17) is 9.47 Å². The van der Waals surface area contributed by atoms with Crippen LogP contribution in [0.15, 0.2) is 0 Å². The van der Waals surface area contributed by atoms with Crippen molar-refractivity contribution < 1.29 is 14.3 Å². The number of nitrogens with zero attached hydrogens (tertiary/aromatic N) is 1. The summed E-state index contributed by atoms with van der Waals surface area (Å²) in [5, 5.41) is 0. The molecule has 0 aliphatic heterocycles. The molecular weight excluding hydrogens is 369 g/mol. The molecule has 0 aromatic carbocycles. The van der Waals surface area contributed by atoms with E-state index in [0.29, 0.717) is 25.7 Å². The van der Waals surface area contributed by atoms with E-state index in [0.717, 1.165) is 6.42 Å². The van der Waals surface area contributed by atoms with Crippen molar-refractivity contribution in [3.05, 3.63) is 0 Å². The lowest BCUT2D eigenvalue weighted by molar-refractivity contribution is -0.0992. The summed E-state index contributed by atoms with van der Waals surface area (Å²) >= 11 is 1.79. The molecular formula is C15H30INO3. The maximum atomic E-state index is 11.2. The van der Waals surface area contributed by atoms with Crippen LogP contribution in [0.1, 0.15) is 48.0 Å². The molecule has 4 nitrogen and oxygen atoms in total. The summed E-state index contributed by atoms with van der Waals surface area (Å²) in [6, 6.07) is 0. The van der Waals surface area contributed by atoms with Crippen LogP contribution in [0.4, 0.5) is 4.79 Å². The lowest BCUT2D eigenvalue weighted by Crippen LogP contribution is -2.39. The number of likely N-dealkylation sites (N-methyl/N-ethyl adjacent to an activating group) is 1. The molecule has 0 aliphatic carbocycles. The Bertz CT molecular complexity index is 302. The van der Waals surface area contributed by atoms with Gasteiger partial charge in [-0.25, -0.2) is 0 Å². The normalized spacial score (nSPS) is 15.2. The molecule has 1 atom stereocenters. The Balaban J connectivity index is 4.28. The van der Waals surface area contributed by atoms with Crippen LogP contribution in [0.5, 0.6) is 0 Å². The number of hydrogen-bond donors (Lipinski definition) is 0. The molecule has 120 valence electrons. The van der Waals surface area contributed by atoms with Gasteiger partial charge in [0.2, 0.25) is 0 Å². The molecule has 0 radical (unpaired) electrons. The predicted molar refractivity (Wildman–Crippen MR) is 91.6 cm³/mol. The minimum atomic E-state index is -0.222. The van der Waals surface area contributed by atoms with Crippen molar-refractivity contribution in [2.24, 2.45) is 5.92 Å². The summed E-state index contributed by atoms with van der Waals surface area (Å²) in [5.74, 6) is 0.395. The fourth-order valence-corrected chi connectivity index (χ4v) is 1.83. The molecule has 0 spiro atoms. The zero-order chi connectivity index (χ0) is 16.0. The van der Waals surface area contributed by atoms with Crippen LogP contribution >= 0.6 is 22.6 Å². The first-order valence-electron chi connectivity index (χ1n) is 7.16. The highest BCUT2D eigenvalue weighted by atomic mass is 127. The summed E-state index contributed by atoms with van der Waals surface area (Å²) < 4.78 is 11.9. The molecule has 0 saturated carbocycles. The molecule has 0 bridgehead atoms. The summed E-state index contributed by atoms with van der Waals surface area (Å²) in [5.41, 5.74) is -0.341. The highest BCUT2D eigenvalue weighted by molar-refractivity contribution is 14.1. The molecule has 0 rings (SSSR count). The van der Waals surface area contributed by atoms with Crippen LogP contribution in [0.3, 0.4) is 0 Å². The van der Waals surface area contributed by atoms with Gasteiger partial charge in [-0.1, -0.05) is 13.8 Å². The van der Waals surface area contributed by atoms with E-state index in [1.807, 2.05) is 0 Å². The van der Waals surface area contributed by atoms with Gasteiger partial charge >= 0.3 is 0 Å². The van der Waals surface area contributed by atoms with Gasteiger partial charge in [-0.2, -0.15) is 0 Å². The fraction of sp³-hybridized carbons (Fsp3) is 0.933. The number of amides is 1. The molecule has 5 heteroatoms. The van der Waals surface area contributed by atoms with E-state index in [9.17, 15) is 4.79 Å². The van der Waals surface area contributed by atoms with Gasteiger partial charge in [-0.05, 0) is 40.0 Å². The van der Waals surface area contributed by atoms with Crippen LogP contribution in [-0.2, 0) is 9.47 Å². The minimum absolute atomic E-state index is 0.0357. The third-order valence-electron chi connectivity index (χ3n) is 3.51. The Morgan fingerprint density at radius 1 is 1.15 bits per heavy atom. The first-order chi connectivity index (χ1) is 8.98. The van der Waals surface area contributed by atoms with E-state index in [1.54, 1.807) is 34.5 Å². The van der Waals surface area contributed by atoms with Crippen molar-refractivity contribution in [1.29, 1.82) is 0 Å².